The van der Waals surface area contributed by atoms with E-state index in [-0.39, 0.29) is 46.7 Å². The van der Waals surface area contributed by atoms with E-state index in [0.29, 0.717) is 0 Å². The monoisotopic (exact) mass is 382 g/mol. The summed E-state index contributed by atoms with van der Waals surface area (Å²) >= 11 is 0. The Hall–Kier alpha value is -1.95. The molecule has 1 saturated carbocycles. The molecule has 0 aliphatic heterocycles. The van der Waals surface area contributed by atoms with Crippen LogP contribution < -0.4 is 16.8 Å². The molecule has 1 aliphatic rings. The Labute approximate surface area is 152 Å². The van der Waals surface area contributed by atoms with Crippen LogP contribution in [0.5, 0.6) is 0 Å². The van der Waals surface area contributed by atoms with Gasteiger partial charge < -0.3 is 43.4 Å². The minimum atomic E-state index is -1.11. The summed E-state index contributed by atoms with van der Waals surface area (Å²) < 4.78 is 0. The van der Waals surface area contributed by atoms with E-state index in [1.807, 2.05) is 13.8 Å². The van der Waals surface area contributed by atoms with E-state index in [1.165, 1.54) is 6.92 Å². The number of aliphatic imine (C=N–C) groups is 1. The number of rotatable bonds is 7. The van der Waals surface area contributed by atoms with Crippen LogP contribution in [0.3, 0.4) is 0 Å². The van der Waals surface area contributed by atoms with Crippen LogP contribution in [0.1, 0.15) is 40.0 Å². The molecule has 11 heteroatoms. The number of carbonyl (C=O) groups excluding carboxylic acids is 1. The van der Waals surface area contributed by atoms with Gasteiger partial charge >= 0.3 is 5.97 Å². The minimum Gasteiger partial charge on any atom is -0.481 e. The molecule has 1 unspecified atom stereocenters. The highest BCUT2D eigenvalue weighted by molar-refractivity contribution is 5.76. The van der Waals surface area contributed by atoms with Crippen LogP contribution in [-0.4, -0.2) is 62.7 Å². The number of carboxylic acids is 1. The molecule has 1 amide bonds. The zero-order chi connectivity index (χ0) is 17.7. The topological polar surface area (TPSA) is 246 Å². The van der Waals surface area contributed by atoms with Gasteiger partial charge in [-0.3, -0.25) is 9.59 Å². The SMILES string of the molecule is CCC(CC)C(NC(C)=O)[C@H]1[C@H](O)[C@@H](C(=O)O)C[C@H]1N=C(N)N.O.O.O. The molecule has 0 aromatic rings. The van der Waals surface area contributed by atoms with Gasteiger partial charge in [0.2, 0.25) is 5.91 Å². The molecule has 156 valence electrons. The molecule has 0 spiro atoms. The van der Waals surface area contributed by atoms with E-state index in [1.54, 1.807) is 0 Å². The van der Waals surface area contributed by atoms with Crippen LogP contribution in [0.4, 0.5) is 0 Å². The summed E-state index contributed by atoms with van der Waals surface area (Å²) in [5.41, 5.74) is 10.9. The molecule has 0 bridgehead atoms. The number of hydrogen-bond acceptors (Lipinski definition) is 4. The summed E-state index contributed by atoms with van der Waals surface area (Å²) in [5.74, 6) is -2.84. The Morgan fingerprint density at radius 1 is 1.19 bits per heavy atom. The number of amides is 1. The number of carbonyl (C=O) groups is 2. The lowest BCUT2D eigenvalue weighted by Gasteiger charge is -2.35. The molecule has 1 aliphatic carbocycles. The first-order valence-electron chi connectivity index (χ1n) is 7.99. The van der Waals surface area contributed by atoms with Gasteiger partial charge in [-0.25, -0.2) is 4.99 Å². The fourth-order valence-corrected chi connectivity index (χ4v) is 3.64. The van der Waals surface area contributed by atoms with Crippen LogP contribution in [0.25, 0.3) is 0 Å². The smallest absolute Gasteiger partial charge is 0.309 e. The Bertz CT molecular complexity index is 467. The van der Waals surface area contributed by atoms with Gasteiger partial charge in [-0.2, -0.15) is 0 Å². The number of aliphatic hydroxyl groups is 1. The molecule has 1 rings (SSSR count). The number of aliphatic hydroxyl groups excluding tert-OH is 1. The van der Waals surface area contributed by atoms with E-state index >= 15 is 0 Å². The van der Waals surface area contributed by atoms with Crippen molar-refractivity contribution in [3.63, 3.8) is 0 Å². The highest BCUT2D eigenvalue weighted by Crippen LogP contribution is 2.39. The summed E-state index contributed by atoms with van der Waals surface area (Å²) in [6.45, 7) is 5.39. The van der Waals surface area contributed by atoms with Gasteiger partial charge in [-0.05, 0) is 12.3 Å². The second kappa shape index (κ2) is 12.4. The Balaban J connectivity index is -0.00000176. The Morgan fingerprint density at radius 2 is 1.69 bits per heavy atom. The fraction of sp³-hybridized carbons (Fsp3) is 0.800. The van der Waals surface area contributed by atoms with Crippen LogP contribution in [-0.2, 0) is 9.59 Å². The van der Waals surface area contributed by atoms with Crippen molar-refractivity contribution in [2.75, 3.05) is 0 Å². The first-order chi connectivity index (χ1) is 10.7. The van der Waals surface area contributed by atoms with Gasteiger partial charge in [0.15, 0.2) is 5.96 Å². The third kappa shape index (κ3) is 6.75. The molecular formula is C15H34N4O7. The lowest BCUT2D eigenvalue weighted by molar-refractivity contribution is -0.145. The van der Waals surface area contributed by atoms with Gasteiger partial charge in [0.25, 0.3) is 0 Å². The molecule has 1 fully saturated rings. The summed E-state index contributed by atoms with van der Waals surface area (Å²) in [7, 11) is 0. The number of nitrogens with zero attached hydrogens (tertiary/aromatic N) is 1. The molecule has 11 nitrogen and oxygen atoms in total. The summed E-state index contributed by atoms with van der Waals surface area (Å²) in [5, 5.41) is 22.7. The van der Waals surface area contributed by atoms with Crippen molar-refractivity contribution in [2.45, 2.75) is 58.2 Å². The van der Waals surface area contributed by atoms with E-state index in [2.05, 4.69) is 10.3 Å². The highest BCUT2D eigenvalue weighted by Gasteiger charge is 2.50. The lowest BCUT2D eigenvalue weighted by Crippen LogP contribution is -2.51. The number of nitrogens with two attached hydrogens (primary N) is 2. The third-order valence-electron chi connectivity index (χ3n) is 4.72. The third-order valence-corrected chi connectivity index (χ3v) is 4.72. The van der Waals surface area contributed by atoms with Crippen molar-refractivity contribution in [1.29, 1.82) is 0 Å². The highest BCUT2D eigenvalue weighted by atomic mass is 16.4. The first kappa shape index (κ1) is 28.8. The maximum absolute atomic E-state index is 11.6. The average Bonchev–Trinajstić information content (AvgIpc) is 2.74. The minimum absolute atomic E-state index is 0. The Kier molecular flexibility index (Phi) is 13.8. The quantitative estimate of drug-likeness (QED) is 0.229. The van der Waals surface area contributed by atoms with Crippen molar-refractivity contribution >= 4 is 17.8 Å². The molecule has 5 atom stereocenters. The molecule has 26 heavy (non-hydrogen) atoms. The molecular weight excluding hydrogens is 348 g/mol. The molecule has 13 N–H and O–H groups in total. The maximum Gasteiger partial charge on any atom is 0.309 e. The van der Waals surface area contributed by atoms with E-state index in [0.717, 1.165) is 12.8 Å². The summed E-state index contributed by atoms with van der Waals surface area (Å²) in [4.78, 5) is 27.1. The van der Waals surface area contributed by atoms with Gasteiger partial charge in [0, 0.05) is 18.9 Å². The van der Waals surface area contributed by atoms with Crippen molar-refractivity contribution in [1.82, 2.24) is 5.32 Å². The number of guanidine groups is 1. The maximum atomic E-state index is 11.6. The number of nitrogens with one attached hydrogen (secondary N) is 1. The zero-order valence-corrected chi connectivity index (χ0v) is 15.4. The molecule has 0 heterocycles. The Morgan fingerprint density at radius 3 is 2.04 bits per heavy atom. The standard InChI is InChI=1S/C15H28N4O4.3H2O/c1-4-8(5-2)12(18-7(3)20)11-10(19-15(16)17)6-9(13(11)21)14(22)23;;;/h8-13,21H,4-6H2,1-3H3,(H,18,20)(H,22,23)(H4,16,17,19);3*1H2/t9-,10+,11-,12?,13+;;;/m0.../s1. The summed E-state index contributed by atoms with van der Waals surface area (Å²) in [6, 6.07) is -0.913. The van der Waals surface area contributed by atoms with Crippen molar-refractivity contribution in [3.8, 4) is 0 Å². The first-order valence-corrected chi connectivity index (χ1v) is 7.99. The zero-order valence-electron chi connectivity index (χ0n) is 15.4. The fourth-order valence-electron chi connectivity index (χ4n) is 3.64. The molecule has 0 saturated heterocycles. The molecule has 0 aromatic carbocycles. The number of aliphatic carboxylic acids is 1. The van der Waals surface area contributed by atoms with E-state index < -0.39 is 30.0 Å². The summed E-state index contributed by atoms with van der Waals surface area (Å²) in [6.07, 6.45) is 0.612. The van der Waals surface area contributed by atoms with Crippen molar-refractivity contribution < 1.29 is 36.2 Å². The molecule has 0 radical (unpaired) electrons. The van der Waals surface area contributed by atoms with Crippen molar-refractivity contribution in [3.05, 3.63) is 0 Å². The van der Waals surface area contributed by atoms with Crippen molar-refractivity contribution in [2.24, 2.45) is 34.2 Å². The van der Waals surface area contributed by atoms with Crippen LogP contribution >= 0.6 is 0 Å². The van der Waals surface area contributed by atoms with Gasteiger partial charge in [-0.1, -0.05) is 26.7 Å². The van der Waals surface area contributed by atoms with Crippen LogP contribution in [0.2, 0.25) is 0 Å². The van der Waals surface area contributed by atoms with Crippen LogP contribution in [0, 0.1) is 17.8 Å². The second-order valence-corrected chi connectivity index (χ2v) is 6.17. The molecule has 0 aromatic heterocycles. The number of hydrogen-bond donors (Lipinski definition) is 5. The van der Waals surface area contributed by atoms with E-state index in [4.69, 9.17) is 11.5 Å². The van der Waals surface area contributed by atoms with E-state index in [9.17, 15) is 19.8 Å². The predicted octanol–water partition coefficient (Wildman–Crippen LogP) is -2.82. The van der Waals surface area contributed by atoms with Crippen LogP contribution in [0.15, 0.2) is 4.99 Å². The normalized spacial score (nSPS) is 25.1. The van der Waals surface area contributed by atoms with Gasteiger partial charge in [0.05, 0.1) is 18.1 Å². The number of carboxylic acid groups (broad SMARTS) is 1. The average molecular weight is 382 g/mol. The lowest BCUT2D eigenvalue weighted by atomic mass is 9.80. The van der Waals surface area contributed by atoms with Gasteiger partial charge in [-0.15, -0.1) is 0 Å². The van der Waals surface area contributed by atoms with Gasteiger partial charge in [0.1, 0.15) is 0 Å². The second-order valence-electron chi connectivity index (χ2n) is 6.17. The largest absolute Gasteiger partial charge is 0.481 e. The predicted molar refractivity (Wildman–Crippen MR) is 97.4 cm³/mol.